The summed E-state index contributed by atoms with van der Waals surface area (Å²) in [6.45, 7) is 1.56. The molecule has 150 valence electrons. The van der Waals surface area contributed by atoms with Gasteiger partial charge in [0.15, 0.2) is 0 Å². The highest BCUT2D eigenvalue weighted by atomic mass is 35.5. The lowest BCUT2D eigenvalue weighted by Gasteiger charge is -2.35. The summed E-state index contributed by atoms with van der Waals surface area (Å²) in [6.07, 6.45) is 0. The van der Waals surface area contributed by atoms with Crippen LogP contribution in [0.2, 0.25) is 5.02 Å². The zero-order valence-electron chi connectivity index (χ0n) is 15.2. The number of aromatic hydroxyl groups is 1. The molecule has 2 aromatic rings. The molecule has 1 aliphatic heterocycles. The topological polar surface area (TPSA) is 96.1 Å². The number of phenols is 1. The zero-order chi connectivity index (χ0) is 19.6. The number of rotatable bonds is 3. The van der Waals surface area contributed by atoms with Gasteiger partial charge in [-0.1, -0.05) is 17.7 Å². The molecule has 0 radical (unpaired) electrons. The first kappa shape index (κ1) is 21.7. The number of nitrogens with two attached hydrogens (primary N) is 1. The van der Waals surface area contributed by atoms with Gasteiger partial charge in [0.1, 0.15) is 11.5 Å². The highest BCUT2D eigenvalue weighted by Crippen LogP contribution is 2.30. The molecule has 1 saturated heterocycles. The molecule has 28 heavy (non-hydrogen) atoms. The van der Waals surface area contributed by atoms with E-state index in [-0.39, 0.29) is 35.0 Å². The summed E-state index contributed by atoms with van der Waals surface area (Å²) in [5.41, 5.74) is 6.86. The van der Waals surface area contributed by atoms with E-state index in [9.17, 15) is 14.7 Å². The number of halogens is 2. The third-order valence-corrected chi connectivity index (χ3v) is 4.82. The molecular weight excluding hydrogens is 405 g/mol. The minimum absolute atomic E-state index is 0. The second-order valence-electron chi connectivity index (χ2n) is 6.21. The van der Waals surface area contributed by atoms with Crippen LogP contribution in [0, 0.1) is 0 Å². The van der Waals surface area contributed by atoms with Crippen molar-refractivity contribution < 1.29 is 19.4 Å². The van der Waals surface area contributed by atoms with Crippen molar-refractivity contribution in [1.29, 1.82) is 0 Å². The second-order valence-corrected chi connectivity index (χ2v) is 6.62. The molecule has 0 aromatic heterocycles. The van der Waals surface area contributed by atoms with Gasteiger partial charge < -0.3 is 25.4 Å². The number of methoxy groups -OCH3 is 1. The molecule has 0 atom stereocenters. The smallest absolute Gasteiger partial charge is 0.257 e. The summed E-state index contributed by atoms with van der Waals surface area (Å²) < 4.78 is 5.25. The van der Waals surface area contributed by atoms with Gasteiger partial charge in [-0.3, -0.25) is 9.59 Å². The van der Waals surface area contributed by atoms with Crippen molar-refractivity contribution in [3.63, 3.8) is 0 Å². The van der Waals surface area contributed by atoms with Gasteiger partial charge in [-0.15, -0.1) is 12.4 Å². The van der Waals surface area contributed by atoms with E-state index in [1.165, 1.54) is 31.4 Å². The Hall–Kier alpha value is -2.64. The standard InChI is InChI=1S/C19H20ClN3O4.ClH/c1-27-17-11-16(21)15(20)10-14(17)19(26)23-7-5-22(6-8-23)18(25)12-3-2-4-13(24)9-12;/h2-4,9-11,24H,5-8,21H2,1H3;1H. The number of anilines is 1. The van der Waals surface area contributed by atoms with E-state index in [0.29, 0.717) is 48.7 Å². The number of carbonyl (C=O) groups excluding carboxylic acids is 2. The van der Waals surface area contributed by atoms with Crippen LogP contribution in [0.4, 0.5) is 5.69 Å². The quantitative estimate of drug-likeness (QED) is 0.736. The molecule has 1 fully saturated rings. The third kappa shape index (κ3) is 4.43. The normalized spacial score (nSPS) is 13.6. The van der Waals surface area contributed by atoms with Crippen molar-refractivity contribution >= 4 is 41.5 Å². The molecule has 1 heterocycles. The fourth-order valence-corrected chi connectivity index (χ4v) is 3.17. The summed E-state index contributed by atoms with van der Waals surface area (Å²) in [5.74, 6) is 0.00599. The summed E-state index contributed by atoms with van der Waals surface area (Å²) in [5, 5.41) is 9.83. The van der Waals surface area contributed by atoms with Crippen LogP contribution in [0.15, 0.2) is 36.4 Å². The van der Waals surface area contributed by atoms with Crippen molar-refractivity contribution in [3.05, 3.63) is 52.5 Å². The van der Waals surface area contributed by atoms with Gasteiger partial charge >= 0.3 is 0 Å². The maximum Gasteiger partial charge on any atom is 0.257 e. The number of hydrogen-bond donors (Lipinski definition) is 2. The van der Waals surface area contributed by atoms with Crippen molar-refractivity contribution in [2.24, 2.45) is 0 Å². The van der Waals surface area contributed by atoms with Crippen molar-refractivity contribution in [3.8, 4) is 11.5 Å². The molecule has 1 aliphatic rings. The highest BCUT2D eigenvalue weighted by molar-refractivity contribution is 6.33. The number of hydrogen-bond acceptors (Lipinski definition) is 5. The maximum absolute atomic E-state index is 12.8. The van der Waals surface area contributed by atoms with Gasteiger partial charge in [0.2, 0.25) is 0 Å². The summed E-state index contributed by atoms with van der Waals surface area (Å²) in [7, 11) is 1.46. The second kappa shape index (κ2) is 9.03. The van der Waals surface area contributed by atoms with Gasteiger partial charge in [0, 0.05) is 37.8 Å². The van der Waals surface area contributed by atoms with E-state index in [1.54, 1.807) is 21.9 Å². The molecule has 3 N–H and O–H groups in total. The number of benzene rings is 2. The van der Waals surface area contributed by atoms with Crippen molar-refractivity contribution in [1.82, 2.24) is 9.80 Å². The molecule has 2 amide bonds. The van der Waals surface area contributed by atoms with E-state index in [2.05, 4.69) is 0 Å². The zero-order valence-corrected chi connectivity index (χ0v) is 16.8. The van der Waals surface area contributed by atoms with Crippen LogP contribution < -0.4 is 10.5 Å². The largest absolute Gasteiger partial charge is 0.508 e. The van der Waals surface area contributed by atoms with E-state index in [0.717, 1.165) is 0 Å². The van der Waals surface area contributed by atoms with Gasteiger partial charge in [-0.25, -0.2) is 0 Å². The molecule has 0 aliphatic carbocycles. The van der Waals surface area contributed by atoms with E-state index < -0.39 is 0 Å². The number of carbonyl (C=O) groups is 2. The fraction of sp³-hybridized carbons (Fsp3) is 0.263. The van der Waals surface area contributed by atoms with Gasteiger partial charge in [0.25, 0.3) is 11.8 Å². The van der Waals surface area contributed by atoms with Crippen LogP contribution in [0.25, 0.3) is 0 Å². The Bertz CT molecular complexity index is 883. The first-order chi connectivity index (χ1) is 12.9. The van der Waals surface area contributed by atoms with Crippen LogP contribution in [0.1, 0.15) is 20.7 Å². The van der Waals surface area contributed by atoms with Crippen molar-refractivity contribution in [2.45, 2.75) is 0 Å². The summed E-state index contributed by atoms with van der Waals surface area (Å²) in [6, 6.07) is 9.25. The number of ether oxygens (including phenoxy) is 1. The molecule has 0 saturated carbocycles. The minimum Gasteiger partial charge on any atom is -0.508 e. The molecule has 3 rings (SSSR count). The Kier molecular flexibility index (Phi) is 6.99. The van der Waals surface area contributed by atoms with Gasteiger partial charge in [-0.05, 0) is 24.3 Å². The lowest BCUT2D eigenvalue weighted by molar-refractivity contribution is 0.0533. The molecule has 9 heteroatoms. The van der Waals surface area contributed by atoms with E-state index in [1.807, 2.05) is 0 Å². The number of nitrogen functional groups attached to an aromatic ring is 1. The molecule has 0 unspecified atom stereocenters. The van der Waals surface area contributed by atoms with Gasteiger partial charge in [0.05, 0.1) is 23.4 Å². The summed E-state index contributed by atoms with van der Waals surface area (Å²) >= 11 is 6.05. The Morgan fingerprint density at radius 1 is 1.07 bits per heavy atom. The van der Waals surface area contributed by atoms with Crippen LogP contribution in [-0.4, -0.2) is 60.0 Å². The predicted octanol–water partition coefficient (Wildman–Crippen LogP) is 2.66. The van der Waals surface area contributed by atoms with Crippen LogP contribution >= 0.6 is 24.0 Å². The van der Waals surface area contributed by atoms with Crippen LogP contribution in [0.3, 0.4) is 0 Å². The maximum atomic E-state index is 12.8. The number of phenolic OH excluding ortho intramolecular Hbond substituents is 1. The Labute approximate surface area is 174 Å². The van der Waals surface area contributed by atoms with E-state index in [4.69, 9.17) is 22.1 Å². The first-order valence-electron chi connectivity index (χ1n) is 8.41. The Balaban J connectivity index is 0.00000280. The number of amides is 2. The first-order valence-corrected chi connectivity index (χ1v) is 8.79. The lowest BCUT2D eigenvalue weighted by Crippen LogP contribution is -2.50. The van der Waals surface area contributed by atoms with Gasteiger partial charge in [-0.2, -0.15) is 0 Å². The number of nitrogens with zero attached hydrogens (tertiary/aromatic N) is 2. The summed E-state index contributed by atoms with van der Waals surface area (Å²) in [4.78, 5) is 28.7. The van der Waals surface area contributed by atoms with E-state index >= 15 is 0 Å². The predicted molar refractivity (Wildman–Crippen MR) is 110 cm³/mol. The van der Waals surface area contributed by atoms with Crippen LogP contribution in [0.5, 0.6) is 11.5 Å². The molecule has 0 spiro atoms. The SMILES string of the molecule is COc1cc(N)c(Cl)cc1C(=O)N1CCN(C(=O)c2cccc(O)c2)CC1.Cl. The molecule has 2 aromatic carbocycles. The number of piperazine rings is 1. The van der Waals surface area contributed by atoms with Crippen LogP contribution in [-0.2, 0) is 0 Å². The molecule has 0 bridgehead atoms. The monoisotopic (exact) mass is 425 g/mol. The molecule has 7 nitrogen and oxygen atoms in total. The lowest BCUT2D eigenvalue weighted by atomic mass is 10.1. The third-order valence-electron chi connectivity index (χ3n) is 4.50. The Morgan fingerprint density at radius 2 is 1.68 bits per heavy atom. The average Bonchev–Trinajstić information content (AvgIpc) is 2.68. The minimum atomic E-state index is -0.224. The molecular formula is C19H21Cl2N3O4. The Morgan fingerprint density at radius 3 is 2.25 bits per heavy atom. The average molecular weight is 426 g/mol. The highest BCUT2D eigenvalue weighted by Gasteiger charge is 2.27. The van der Waals surface area contributed by atoms with Crippen molar-refractivity contribution in [2.75, 3.05) is 39.0 Å². The fourth-order valence-electron chi connectivity index (χ4n) is 3.01.